The molecule has 2 rings (SSSR count). The van der Waals surface area contributed by atoms with Crippen molar-refractivity contribution >= 4 is 35.8 Å². The number of rotatable bonds is 9. The van der Waals surface area contributed by atoms with Crippen molar-refractivity contribution in [1.29, 1.82) is 0 Å². The Morgan fingerprint density at radius 3 is 2.19 bits per heavy atom. The number of methoxy groups -OCH3 is 3. The Morgan fingerprint density at radius 1 is 0.968 bits per heavy atom. The first-order valence-corrected chi connectivity index (χ1v) is 9.53. The van der Waals surface area contributed by atoms with Gasteiger partial charge in [-0.3, -0.25) is 9.79 Å². The minimum Gasteiger partial charge on any atom is -0.497 e. The fraction of sp³-hybridized carbons (Fsp3) is 0.364. The molecule has 0 saturated carbocycles. The highest BCUT2D eigenvalue weighted by Crippen LogP contribution is 2.25. The lowest BCUT2D eigenvalue weighted by atomic mass is 10.2. The van der Waals surface area contributed by atoms with Gasteiger partial charge in [0.2, 0.25) is 5.91 Å². The summed E-state index contributed by atoms with van der Waals surface area (Å²) >= 11 is 0. The Hall–Kier alpha value is -2.69. The summed E-state index contributed by atoms with van der Waals surface area (Å²) in [6.07, 6.45) is 0. The van der Waals surface area contributed by atoms with Gasteiger partial charge in [0.1, 0.15) is 17.2 Å². The summed E-state index contributed by atoms with van der Waals surface area (Å²) in [5, 5.41) is 5.97. The summed E-state index contributed by atoms with van der Waals surface area (Å²) in [4.78, 5) is 18.4. The molecular formula is C22H31IN4O4. The molecule has 170 valence electrons. The van der Waals surface area contributed by atoms with Crippen molar-refractivity contribution < 1.29 is 19.0 Å². The molecule has 2 aromatic rings. The normalized spacial score (nSPS) is 10.5. The third-order valence-corrected chi connectivity index (χ3v) is 4.53. The average molecular weight is 542 g/mol. The van der Waals surface area contributed by atoms with E-state index in [0.717, 1.165) is 28.4 Å². The molecule has 0 aliphatic heterocycles. The third kappa shape index (κ3) is 8.16. The highest BCUT2D eigenvalue weighted by Gasteiger charge is 2.12. The lowest BCUT2D eigenvalue weighted by molar-refractivity contribution is -0.120. The van der Waals surface area contributed by atoms with Crippen LogP contribution in [0.3, 0.4) is 0 Å². The van der Waals surface area contributed by atoms with E-state index in [0.29, 0.717) is 19.0 Å². The molecule has 0 saturated heterocycles. The zero-order valence-electron chi connectivity index (χ0n) is 18.6. The molecule has 2 N–H and O–H groups in total. The maximum absolute atomic E-state index is 12.2. The molecular weight excluding hydrogens is 511 g/mol. The van der Waals surface area contributed by atoms with Gasteiger partial charge in [-0.1, -0.05) is 12.1 Å². The van der Waals surface area contributed by atoms with Crippen molar-refractivity contribution in [2.75, 3.05) is 42.0 Å². The van der Waals surface area contributed by atoms with Crippen LogP contribution in [0, 0.1) is 0 Å². The Kier molecular flexibility index (Phi) is 11.5. The van der Waals surface area contributed by atoms with E-state index in [9.17, 15) is 4.79 Å². The number of nitrogens with one attached hydrogen (secondary N) is 2. The first-order chi connectivity index (χ1) is 14.5. The number of hydrogen-bond acceptors (Lipinski definition) is 5. The van der Waals surface area contributed by atoms with Crippen LogP contribution in [-0.2, 0) is 17.9 Å². The minimum atomic E-state index is -0.123. The molecule has 0 heterocycles. The van der Waals surface area contributed by atoms with Gasteiger partial charge in [-0.2, -0.15) is 0 Å². The molecule has 9 heteroatoms. The predicted molar refractivity (Wildman–Crippen MR) is 133 cm³/mol. The van der Waals surface area contributed by atoms with Crippen molar-refractivity contribution in [2.24, 2.45) is 4.99 Å². The lowest BCUT2D eigenvalue weighted by Crippen LogP contribution is -2.43. The second-order valence-electron chi connectivity index (χ2n) is 6.56. The fourth-order valence-electron chi connectivity index (χ4n) is 2.86. The van der Waals surface area contributed by atoms with Crippen LogP contribution in [0.1, 0.15) is 11.1 Å². The number of ether oxygens (including phenoxy) is 3. The van der Waals surface area contributed by atoms with E-state index in [4.69, 9.17) is 14.2 Å². The van der Waals surface area contributed by atoms with Crippen molar-refractivity contribution in [3.05, 3.63) is 53.6 Å². The smallest absolute Gasteiger partial charge is 0.239 e. The number of amides is 1. The van der Waals surface area contributed by atoms with E-state index in [2.05, 4.69) is 15.6 Å². The molecule has 0 aliphatic carbocycles. The number of aliphatic imine (C=N–C) groups is 1. The van der Waals surface area contributed by atoms with Gasteiger partial charge in [-0.05, 0) is 29.8 Å². The Morgan fingerprint density at radius 2 is 1.61 bits per heavy atom. The minimum absolute atomic E-state index is 0. The summed E-state index contributed by atoms with van der Waals surface area (Å²) < 4.78 is 15.8. The molecule has 2 aromatic carbocycles. The lowest BCUT2D eigenvalue weighted by Gasteiger charge is -2.23. The number of hydrogen-bond donors (Lipinski definition) is 2. The van der Waals surface area contributed by atoms with E-state index in [-0.39, 0.29) is 36.4 Å². The molecule has 31 heavy (non-hydrogen) atoms. The van der Waals surface area contributed by atoms with Crippen molar-refractivity contribution in [3.8, 4) is 17.2 Å². The van der Waals surface area contributed by atoms with Crippen LogP contribution in [-0.4, -0.2) is 58.7 Å². The third-order valence-electron chi connectivity index (χ3n) is 4.53. The number of benzene rings is 2. The Bertz CT molecular complexity index is 859. The largest absolute Gasteiger partial charge is 0.497 e. The second-order valence-corrected chi connectivity index (χ2v) is 6.56. The summed E-state index contributed by atoms with van der Waals surface area (Å²) in [6, 6.07) is 13.2. The van der Waals surface area contributed by atoms with Crippen molar-refractivity contribution in [1.82, 2.24) is 15.5 Å². The van der Waals surface area contributed by atoms with E-state index in [1.807, 2.05) is 54.4 Å². The standard InChI is InChI=1S/C22H30N4O4.HI/c1-23-22(26(2)15-17-8-11-19(29-4)12-20(17)30-5)25-14-21(27)24-13-16-6-9-18(28-3)10-7-16;/h6-12H,13-15H2,1-5H3,(H,23,25)(H,24,27);1H. The van der Waals surface area contributed by atoms with E-state index < -0.39 is 0 Å². The maximum atomic E-state index is 12.2. The number of carbonyl (C=O) groups excluding carboxylic acids is 1. The summed E-state index contributed by atoms with van der Waals surface area (Å²) in [5.74, 6) is 2.73. The van der Waals surface area contributed by atoms with E-state index in [1.165, 1.54) is 0 Å². The van der Waals surface area contributed by atoms with E-state index in [1.54, 1.807) is 28.4 Å². The highest BCUT2D eigenvalue weighted by molar-refractivity contribution is 14.0. The topological polar surface area (TPSA) is 84.4 Å². The average Bonchev–Trinajstić information content (AvgIpc) is 2.78. The zero-order valence-corrected chi connectivity index (χ0v) is 20.9. The zero-order chi connectivity index (χ0) is 21.9. The molecule has 0 bridgehead atoms. The summed E-state index contributed by atoms with van der Waals surface area (Å²) in [6.45, 7) is 1.12. The SMILES string of the molecule is CN=C(NCC(=O)NCc1ccc(OC)cc1)N(C)Cc1ccc(OC)cc1OC.I. The van der Waals surface area contributed by atoms with Gasteiger partial charge in [0.15, 0.2) is 5.96 Å². The highest BCUT2D eigenvalue weighted by atomic mass is 127. The van der Waals surface area contributed by atoms with Gasteiger partial charge in [-0.25, -0.2) is 0 Å². The van der Waals surface area contributed by atoms with Crippen LogP contribution in [0.5, 0.6) is 17.2 Å². The van der Waals surface area contributed by atoms with Gasteiger partial charge in [0, 0.05) is 38.8 Å². The van der Waals surface area contributed by atoms with Gasteiger partial charge in [0.05, 0.1) is 27.9 Å². The Balaban J connectivity index is 0.00000480. The van der Waals surface area contributed by atoms with Crippen molar-refractivity contribution in [3.63, 3.8) is 0 Å². The number of carbonyl (C=O) groups is 1. The van der Waals surface area contributed by atoms with Crippen LogP contribution in [0.4, 0.5) is 0 Å². The number of halogens is 1. The predicted octanol–water partition coefficient (Wildman–Crippen LogP) is 2.65. The van der Waals surface area contributed by atoms with Gasteiger partial charge in [-0.15, -0.1) is 24.0 Å². The molecule has 1 amide bonds. The molecule has 0 fully saturated rings. The number of nitrogens with zero attached hydrogens (tertiary/aromatic N) is 2. The fourth-order valence-corrected chi connectivity index (χ4v) is 2.86. The second kappa shape index (κ2) is 13.6. The van der Waals surface area contributed by atoms with E-state index >= 15 is 0 Å². The van der Waals surface area contributed by atoms with Gasteiger partial charge < -0.3 is 29.7 Å². The first kappa shape index (κ1) is 26.3. The number of guanidine groups is 1. The Labute approximate surface area is 201 Å². The van der Waals surface area contributed by atoms with Crippen LogP contribution in [0.15, 0.2) is 47.5 Å². The van der Waals surface area contributed by atoms with Crippen molar-refractivity contribution in [2.45, 2.75) is 13.1 Å². The summed E-state index contributed by atoms with van der Waals surface area (Å²) in [7, 11) is 8.44. The van der Waals surface area contributed by atoms with Crippen LogP contribution in [0.25, 0.3) is 0 Å². The van der Waals surface area contributed by atoms with Gasteiger partial charge in [0.25, 0.3) is 0 Å². The molecule has 0 spiro atoms. The molecule has 8 nitrogen and oxygen atoms in total. The maximum Gasteiger partial charge on any atom is 0.239 e. The molecule has 0 atom stereocenters. The monoisotopic (exact) mass is 542 g/mol. The van der Waals surface area contributed by atoms with Crippen LogP contribution in [0.2, 0.25) is 0 Å². The molecule has 0 radical (unpaired) electrons. The summed E-state index contributed by atoms with van der Waals surface area (Å²) in [5.41, 5.74) is 1.98. The molecule has 0 aliphatic rings. The van der Waals surface area contributed by atoms with Crippen LogP contribution < -0.4 is 24.8 Å². The quantitative estimate of drug-likeness (QED) is 0.288. The molecule has 0 aromatic heterocycles. The first-order valence-electron chi connectivity index (χ1n) is 9.53. The van der Waals surface area contributed by atoms with Crippen LogP contribution >= 0.6 is 24.0 Å². The molecule has 0 unspecified atom stereocenters. The van der Waals surface area contributed by atoms with Gasteiger partial charge >= 0.3 is 0 Å².